The quantitative estimate of drug-likeness (QED) is 0.724. The van der Waals surface area contributed by atoms with Gasteiger partial charge in [0.15, 0.2) is 5.69 Å². The van der Waals surface area contributed by atoms with E-state index in [1.54, 1.807) is 29.9 Å². The number of likely N-dealkylation sites (N-methyl/N-ethyl adjacent to an activating group) is 1. The monoisotopic (exact) mass is 239 g/mol. The van der Waals surface area contributed by atoms with Crippen LogP contribution in [0.3, 0.4) is 0 Å². The van der Waals surface area contributed by atoms with Crippen LogP contribution in [0.25, 0.3) is 0 Å². The van der Waals surface area contributed by atoms with Crippen molar-refractivity contribution < 1.29 is 9.53 Å². The second-order valence-electron chi connectivity index (χ2n) is 4.12. The summed E-state index contributed by atoms with van der Waals surface area (Å²) in [4.78, 5) is 13.5. The van der Waals surface area contributed by atoms with Crippen molar-refractivity contribution in [3.8, 4) is 0 Å². The van der Waals surface area contributed by atoms with Gasteiger partial charge in [-0.15, -0.1) is 5.10 Å². The van der Waals surface area contributed by atoms with E-state index in [0.29, 0.717) is 24.9 Å². The summed E-state index contributed by atoms with van der Waals surface area (Å²) in [6.45, 7) is 2.84. The molecule has 2 heterocycles. The minimum Gasteiger partial charge on any atom is -0.383 e. The lowest BCUT2D eigenvalue weighted by Crippen LogP contribution is -2.43. The molecule has 0 unspecified atom stereocenters. The Bertz CT molecular complexity index is 388. The zero-order chi connectivity index (χ0) is 12.3. The molecule has 1 amide bonds. The molecule has 1 aromatic heterocycles. The SMILES string of the molecule is COCCN(C)C(=O)c1cn(C2CNC2)nn1. The molecule has 0 radical (unpaired) electrons. The number of aromatic nitrogens is 3. The molecule has 0 aliphatic carbocycles. The Morgan fingerprint density at radius 1 is 1.71 bits per heavy atom. The van der Waals surface area contributed by atoms with E-state index in [9.17, 15) is 4.79 Å². The Hall–Kier alpha value is -1.47. The van der Waals surface area contributed by atoms with Gasteiger partial charge in [0.1, 0.15) is 0 Å². The maximum Gasteiger partial charge on any atom is 0.275 e. The highest BCUT2D eigenvalue weighted by Crippen LogP contribution is 2.10. The van der Waals surface area contributed by atoms with E-state index in [1.165, 1.54) is 0 Å². The summed E-state index contributed by atoms with van der Waals surface area (Å²) >= 11 is 0. The van der Waals surface area contributed by atoms with Gasteiger partial charge in [-0.1, -0.05) is 5.21 Å². The molecule has 1 saturated heterocycles. The Morgan fingerprint density at radius 2 is 2.47 bits per heavy atom. The number of carbonyl (C=O) groups is 1. The highest BCUT2D eigenvalue weighted by Gasteiger charge is 2.22. The summed E-state index contributed by atoms with van der Waals surface area (Å²) < 4.78 is 6.67. The molecule has 0 atom stereocenters. The number of nitrogens with one attached hydrogen (secondary N) is 1. The number of hydrogen-bond donors (Lipinski definition) is 1. The maximum atomic E-state index is 11.9. The van der Waals surface area contributed by atoms with Crippen molar-refractivity contribution in [2.45, 2.75) is 6.04 Å². The molecular weight excluding hydrogens is 222 g/mol. The average Bonchev–Trinajstić information content (AvgIpc) is 2.71. The lowest BCUT2D eigenvalue weighted by Gasteiger charge is -2.26. The molecule has 7 heteroatoms. The van der Waals surface area contributed by atoms with E-state index < -0.39 is 0 Å². The zero-order valence-electron chi connectivity index (χ0n) is 10.1. The topological polar surface area (TPSA) is 72.3 Å². The van der Waals surface area contributed by atoms with E-state index >= 15 is 0 Å². The fraction of sp³-hybridized carbons (Fsp3) is 0.700. The molecule has 7 nitrogen and oxygen atoms in total. The first-order valence-electron chi connectivity index (χ1n) is 5.59. The number of amides is 1. The molecule has 0 bridgehead atoms. The number of carbonyl (C=O) groups excluding carboxylic acids is 1. The van der Waals surface area contributed by atoms with Gasteiger partial charge in [-0.25, -0.2) is 4.68 Å². The molecule has 0 saturated carbocycles. The Balaban J connectivity index is 1.96. The maximum absolute atomic E-state index is 11.9. The summed E-state index contributed by atoms with van der Waals surface area (Å²) in [5.41, 5.74) is 0.385. The third-order valence-electron chi connectivity index (χ3n) is 2.84. The fourth-order valence-corrected chi connectivity index (χ4v) is 1.54. The number of hydrogen-bond acceptors (Lipinski definition) is 5. The van der Waals surface area contributed by atoms with Crippen LogP contribution in [-0.2, 0) is 4.74 Å². The van der Waals surface area contributed by atoms with Crippen LogP contribution in [0.15, 0.2) is 6.20 Å². The third kappa shape index (κ3) is 2.62. The van der Waals surface area contributed by atoms with Crippen LogP contribution in [0, 0.1) is 0 Å². The summed E-state index contributed by atoms with van der Waals surface area (Å²) in [7, 11) is 3.34. The molecular formula is C10H17N5O2. The molecule has 17 heavy (non-hydrogen) atoms. The Kier molecular flexibility index (Phi) is 3.70. The largest absolute Gasteiger partial charge is 0.383 e. The molecule has 1 aromatic rings. The minimum absolute atomic E-state index is 0.124. The van der Waals surface area contributed by atoms with Crippen LogP contribution in [0.1, 0.15) is 16.5 Å². The smallest absolute Gasteiger partial charge is 0.275 e. The van der Waals surface area contributed by atoms with Crippen LogP contribution in [0.4, 0.5) is 0 Å². The standard InChI is InChI=1S/C10H17N5O2/c1-14(3-4-17-2)10(16)9-7-15(13-12-9)8-5-11-6-8/h7-8,11H,3-6H2,1-2H3. The molecule has 94 valence electrons. The van der Waals surface area contributed by atoms with Crippen molar-refractivity contribution in [3.05, 3.63) is 11.9 Å². The van der Waals surface area contributed by atoms with E-state index in [4.69, 9.17) is 4.74 Å². The molecule has 1 aliphatic rings. The van der Waals surface area contributed by atoms with Crippen molar-refractivity contribution in [2.24, 2.45) is 0 Å². The van der Waals surface area contributed by atoms with Gasteiger partial charge < -0.3 is 15.0 Å². The summed E-state index contributed by atoms with van der Waals surface area (Å²) in [5, 5.41) is 11.0. The number of ether oxygens (including phenoxy) is 1. The van der Waals surface area contributed by atoms with Crippen molar-refractivity contribution in [1.82, 2.24) is 25.2 Å². The first kappa shape index (κ1) is 12.0. The van der Waals surface area contributed by atoms with E-state index in [2.05, 4.69) is 15.6 Å². The van der Waals surface area contributed by atoms with Gasteiger partial charge in [0.25, 0.3) is 5.91 Å². The van der Waals surface area contributed by atoms with Crippen LogP contribution >= 0.6 is 0 Å². The van der Waals surface area contributed by atoms with Gasteiger partial charge in [-0.2, -0.15) is 0 Å². The third-order valence-corrected chi connectivity index (χ3v) is 2.84. The van der Waals surface area contributed by atoms with Crippen molar-refractivity contribution in [3.63, 3.8) is 0 Å². The fourth-order valence-electron chi connectivity index (χ4n) is 1.54. The molecule has 0 spiro atoms. The Labute approximate surface area is 99.7 Å². The molecule has 1 fully saturated rings. The zero-order valence-corrected chi connectivity index (χ0v) is 10.1. The average molecular weight is 239 g/mol. The molecule has 1 N–H and O–H groups in total. The van der Waals surface area contributed by atoms with Crippen LogP contribution in [0.2, 0.25) is 0 Å². The number of methoxy groups -OCH3 is 1. The highest BCUT2D eigenvalue weighted by atomic mass is 16.5. The number of rotatable bonds is 5. The van der Waals surface area contributed by atoms with Gasteiger partial charge in [-0.3, -0.25) is 4.79 Å². The normalized spacial score (nSPS) is 15.6. The van der Waals surface area contributed by atoms with Crippen molar-refractivity contribution in [1.29, 1.82) is 0 Å². The molecule has 2 rings (SSSR count). The minimum atomic E-state index is -0.124. The summed E-state index contributed by atoms with van der Waals surface area (Å²) in [5.74, 6) is -0.124. The van der Waals surface area contributed by atoms with Crippen LogP contribution in [0.5, 0.6) is 0 Å². The van der Waals surface area contributed by atoms with Gasteiger partial charge in [-0.05, 0) is 0 Å². The van der Waals surface area contributed by atoms with Crippen LogP contribution < -0.4 is 5.32 Å². The molecule has 1 aliphatic heterocycles. The molecule has 0 aromatic carbocycles. The predicted molar refractivity (Wildman–Crippen MR) is 60.8 cm³/mol. The second-order valence-corrected chi connectivity index (χ2v) is 4.12. The highest BCUT2D eigenvalue weighted by molar-refractivity contribution is 5.91. The summed E-state index contributed by atoms with van der Waals surface area (Å²) in [6, 6.07) is 0.327. The van der Waals surface area contributed by atoms with Crippen molar-refractivity contribution in [2.75, 3.05) is 40.4 Å². The van der Waals surface area contributed by atoms with Gasteiger partial charge >= 0.3 is 0 Å². The first-order chi connectivity index (χ1) is 8.22. The first-order valence-corrected chi connectivity index (χ1v) is 5.59. The van der Waals surface area contributed by atoms with E-state index in [0.717, 1.165) is 13.1 Å². The number of nitrogens with zero attached hydrogens (tertiary/aromatic N) is 4. The Morgan fingerprint density at radius 3 is 3.06 bits per heavy atom. The van der Waals surface area contributed by atoms with E-state index in [-0.39, 0.29) is 5.91 Å². The second kappa shape index (κ2) is 5.24. The predicted octanol–water partition coefficient (Wildman–Crippen LogP) is -0.859. The lowest BCUT2D eigenvalue weighted by molar-refractivity contribution is 0.0738. The van der Waals surface area contributed by atoms with Gasteiger partial charge in [0.05, 0.1) is 18.8 Å². The lowest BCUT2D eigenvalue weighted by atomic mass is 10.2. The van der Waals surface area contributed by atoms with E-state index in [1.807, 2.05) is 0 Å². The van der Waals surface area contributed by atoms with Gasteiger partial charge in [0.2, 0.25) is 0 Å². The summed E-state index contributed by atoms with van der Waals surface area (Å²) in [6.07, 6.45) is 1.71. The van der Waals surface area contributed by atoms with Gasteiger partial charge in [0, 0.05) is 33.8 Å². The van der Waals surface area contributed by atoms with Crippen LogP contribution in [-0.4, -0.2) is 66.2 Å². The van der Waals surface area contributed by atoms with Crippen molar-refractivity contribution >= 4 is 5.91 Å².